The van der Waals surface area contributed by atoms with Crippen molar-refractivity contribution >= 4 is 15.9 Å². The van der Waals surface area contributed by atoms with Crippen molar-refractivity contribution in [3.05, 3.63) is 33.8 Å². The second kappa shape index (κ2) is 7.89. The molecule has 0 aliphatic heterocycles. The zero-order valence-corrected chi connectivity index (χ0v) is 12.1. The minimum atomic E-state index is 1.23. The van der Waals surface area contributed by atoms with Gasteiger partial charge in [0.2, 0.25) is 0 Å². The van der Waals surface area contributed by atoms with Crippen molar-refractivity contribution in [2.45, 2.75) is 58.8 Å². The molecule has 1 aromatic rings. The second-order valence-electron chi connectivity index (χ2n) is 4.60. The Labute approximate surface area is 109 Å². The average molecular weight is 283 g/mol. The highest BCUT2D eigenvalue weighted by molar-refractivity contribution is 9.10. The molecule has 0 unspecified atom stereocenters. The fraction of sp³-hybridized carbons (Fsp3) is 0.600. The first-order valence-electron chi connectivity index (χ1n) is 6.49. The molecule has 0 aliphatic carbocycles. The van der Waals surface area contributed by atoms with Crippen LogP contribution in [-0.4, -0.2) is 0 Å². The molecule has 1 rings (SSSR count). The van der Waals surface area contributed by atoms with Gasteiger partial charge in [-0.1, -0.05) is 67.1 Å². The Morgan fingerprint density at radius 1 is 1.00 bits per heavy atom. The molecule has 0 radical (unpaired) electrons. The van der Waals surface area contributed by atoms with Crippen molar-refractivity contribution < 1.29 is 0 Å². The number of benzene rings is 1. The van der Waals surface area contributed by atoms with Crippen molar-refractivity contribution in [1.29, 1.82) is 0 Å². The molecule has 0 saturated carbocycles. The summed E-state index contributed by atoms with van der Waals surface area (Å²) in [6.07, 6.45) is 9.49. The highest BCUT2D eigenvalue weighted by atomic mass is 79.9. The highest BCUT2D eigenvalue weighted by Gasteiger charge is 1.97. The van der Waals surface area contributed by atoms with Crippen LogP contribution in [0.3, 0.4) is 0 Å². The molecule has 0 atom stereocenters. The number of unbranched alkanes of at least 4 members (excludes halogenated alkanes) is 5. The van der Waals surface area contributed by atoms with Gasteiger partial charge in [-0.25, -0.2) is 0 Å². The van der Waals surface area contributed by atoms with Crippen LogP contribution in [0.1, 0.15) is 56.6 Å². The molecule has 0 nitrogen and oxygen atoms in total. The van der Waals surface area contributed by atoms with Gasteiger partial charge in [0.1, 0.15) is 0 Å². The molecule has 0 spiro atoms. The SMILES string of the molecule is CCCCCCCCc1ccc(C)c(Br)c1. The monoisotopic (exact) mass is 282 g/mol. The van der Waals surface area contributed by atoms with Crippen LogP contribution in [0.5, 0.6) is 0 Å². The van der Waals surface area contributed by atoms with Gasteiger partial charge in [-0.15, -0.1) is 0 Å². The molecule has 90 valence electrons. The minimum Gasteiger partial charge on any atom is -0.0654 e. The lowest BCUT2D eigenvalue weighted by molar-refractivity contribution is 0.607. The number of hydrogen-bond acceptors (Lipinski definition) is 0. The zero-order chi connectivity index (χ0) is 11.8. The average Bonchev–Trinajstić information content (AvgIpc) is 2.28. The molecule has 1 aromatic carbocycles. The Bertz CT molecular complexity index is 304. The van der Waals surface area contributed by atoms with Crippen LogP contribution in [0.25, 0.3) is 0 Å². The van der Waals surface area contributed by atoms with Gasteiger partial charge in [-0.2, -0.15) is 0 Å². The standard InChI is InChI=1S/C15H23Br/c1-3-4-5-6-7-8-9-14-11-10-13(2)15(16)12-14/h10-12H,3-9H2,1-2H3. The van der Waals surface area contributed by atoms with E-state index in [0.29, 0.717) is 0 Å². The van der Waals surface area contributed by atoms with Gasteiger partial charge >= 0.3 is 0 Å². The maximum atomic E-state index is 3.59. The van der Waals surface area contributed by atoms with E-state index in [1.54, 1.807) is 0 Å². The Morgan fingerprint density at radius 3 is 2.38 bits per heavy atom. The first kappa shape index (κ1) is 13.8. The Hall–Kier alpha value is -0.300. The van der Waals surface area contributed by atoms with E-state index in [-0.39, 0.29) is 0 Å². The van der Waals surface area contributed by atoms with Crippen molar-refractivity contribution in [2.75, 3.05) is 0 Å². The van der Waals surface area contributed by atoms with E-state index >= 15 is 0 Å². The number of aryl methyl sites for hydroxylation is 2. The largest absolute Gasteiger partial charge is 0.0654 e. The molecule has 0 aliphatic rings. The lowest BCUT2D eigenvalue weighted by Gasteiger charge is -2.04. The minimum absolute atomic E-state index is 1.23. The van der Waals surface area contributed by atoms with Gasteiger partial charge in [0.25, 0.3) is 0 Å². The van der Waals surface area contributed by atoms with E-state index in [2.05, 4.69) is 48.0 Å². The zero-order valence-electron chi connectivity index (χ0n) is 10.6. The molecule has 0 fully saturated rings. The van der Waals surface area contributed by atoms with Gasteiger partial charge in [-0.05, 0) is 37.0 Å². The van der Waals surface area contributed by atoms with Crippen LogP contribution < -0.4 is 0 Å². The number of rotatable bonds is 7. The molecule has 0 aromatic heterocycles. The van der Waals surface area contributed by atoms with Crippen molar-refractivity contribution in [3.8, 4) is 0 Å². The van der Waals surface area contributed by atoms with Gasteiger partial charge in [0, 0.05) is 4.47 Å². The molecule has 0 N–H and O–H groups in total. The summed E-state index contributed by atoms with van der Waals surface area (Å²) in [7, 11) is 0. The summed E-state index contributed by atoms with van der Waals surface area (Å²) in [5.74, 6) is 0. The molecular formula is C15H23Br. The molecular weight excluding hydrogens is 260 g/mol. The highest BCUT2D eigenvalue weighted by Crippen LogP contribution is 2.19. The van der Waals surface area contributed by atoms with E-state index < -0.39 is 0 Å². The molecule has 1 heteroatoms. The van der Waals surface area contributed by atoms with E-state index in [0.717, 1.165) is 0 Å². The van der Waals surface area contributed by atoms with Gasteiger partial charge in [-0.3, -0.25) is 0 Å². The summed E-state index contributed by atoms with van der Waals surface area (Å²) in [6, 6.07) is 6.73. The van der Waals surface area contributed by atoms with Crippen LogP contribution in [0.2, 0.25) is 0 Å². The van der Waals surface area contributed by atoms with Crippen molar-refractivity contribution in [1.82, 2.24) is 0 Å². The van der Waals surface area contributed by atoms with E-state index in [1.807, 2.05) is 0 Å². The summed E-state index contributed by atoms with van der Waals surface area (Å²) in [6.45, 7) is 4.41. The van der Waals surface area contributed by atoms with Crippen LogP contribution >= 0.6 is 15.9 Å². The molecule has 16 heavy (non-hydrogen) atoms. The Kier molecular flexibility index (Phi) is 6.79. The third-order valence-corrected chi connectivity index (χ3v) is 3.91. The normalized spacial score (nSPS) is 10.7. The fourth-order valence-corrected chi connectivity index (χ4v) is 2.33. The smallest absolute Gasteiger partial charge is 0.0207 e. The van der Waals surface area contributed by atoms with Crippen molar-refractivity contribution in [3.63, 3.8) is 0 Å². The topological polar surface area (TPSA) is 0 Å². The summed E-state index contributed by atoms with van der Waals surface area (Å²) in [5, 5.41) is 0. The Morgan fingerprint density at radius 2 is 1.69 bits per heavy atom. The predicted octanol–water partition coefficient (Wildman–Crippen LogP) is 5.66. The second-order valence-corrected chi connectivity index (χ2v) is 5.46. The quantitative estimate of drug-likeness (QED) is 0.566. The van der Waals surface area contributed by atoms with Crippen LogP contribution in [0, 0.1) is 6.92 Å². The first-order valence-corrected chi connectivity index (χ1v) is 7.28. The summed E-state index contributed by atoms with van der Waals surface area (Å²) in [5.41, 5.74) is 2.79. The summed E-state index contributed by atoms with van der Waals surface area (Å²) < 4.78 is 1.25. The third-order valence-electron chi connectivity index (χ3n) is 3.06. The lowest BCUT2D eigenvalue weighted by Crippen LogP contribution is -1.87. The van der Waals surface area contributed by atoms with Gasteiger partial charge < -0.3 is 0 Å². The fourth-order valence-electron chi connectivity index (χ4n) is 1.90. The third kappa shape index (κ3) is 5.16. The van der Waals surface area contributed by atoms with E-state index in [4.69, 9.17) is 0 Å². The molecule has 0 heterocycles. The predicted molar refractivity (Wildman–Crippen MR) is 76.0 cm³/mol. The van der Waals surface area contributed by atoms with E-state index in [1.165, 1.54) is 60.5 Å². The van der Waals surface area contributed by atoms with Crippen LogP contribution in [0.15, 0.2) is 22.7 Å². The van der Waals surface area contributed by atoms with Gasteiger partial charge in [0.15, 0.2) is 0 Å². The molecule has 0 amide bonds. The number of hydrogen-bond donors (Lipinski definition) is 0. The maximum absolute atomic E-state index is 3.59. The summed E-state index contributed by atoms with van der Waals surface area (Å²) in [4.78, 5) is 0. The van der Waals surface area contributed by atoms with Crippen molar-refractivity contribution in [2.24, 2.45) is 0 Å². The molecule has 0 bridgehead atoms. The summed E-state index contributed by atoms with van der Waals surface area (Å²) >= 11 is 3.59. The van der Waals surface area contributed by atoms with Crippen LogP contribution in [-0.2, 0) is 6.42 Å². The van der Waals surface area contributed by atoms with E-state index in [9.17, 15) is 0 Å². The maximum Gasteiger partial charge on any atom is 0.0207 e. The van der Waals surface area contributed by atoms with Gasteiger partial charge in [0.05, 0.1) is 0 Å². The first-order chi connectivity index (χ1) is 7.74. The number of halogens is 1. The Balaban J connectivity index is 2.19. The lowest BCUT2D eigenvalue weighted by atomic mass is 10.0. The van der Waals surface area contributed by atoms with Crippen LogP contribution in [0.4, 0.5) is 0 Å². The molecule has 0 saturated heterocycles.